The van der Waals surface area contributed by atoms with E-state index in [2.05, 4.69) is 20.4 Å². The number of H-pyrrole nitrogens is 1. The molecule has 1 amide bonds. The van der Waals surface area contributed by atoms with E-state index in [0.717, 1.165) is 5.56 Å². The highest BCUT2D eigenvalue weighted by Crippen LogP contribution is 2.45. The standard InChI is InChI=1S/C31H29F7N6O2/c1-17(21-6-22(30(33,34)35)8-23(7-21)31(36,37)38)46-27-16-44-25(28(27)20-2-4-24(32)5-3-20)9-26(29(44)45)43(14-18-10-39-40-11-18)15-19-12-41-42-13-19/h2-8,10-13,17-18,25-28H,9,14-16H2,1H3,(H,41,42)/t17-,25+,26?,27+,28+/m1/s1. The summed E-state index contributed by atoms with van der Waals surface area (Å²) < 4.78 is 102. The summed E-state index contributed by atoms with van der Waals surface area (Å²) in [5.41, 5.74) is -1.69. The van der Waals surface area contributed by atoms with Crippen LogP contribution in [-0.2, 0) is 28.4 Å². The predicted molar refractivity (Wildman–Crippen MR) is 152 cm³/mol. The van der Waals surface area contributed by atoms with Crippen molar-refractivity contribution in [2.45, 2.75) is 62.5 Å². The Morgan fingerprint density at radius 3 is 2.26 bits per heavy atom. The number of hydrogen-bond acceptors (Lipinski definition) is 6. The molecule has 4 heterocycles. The van der Waals surface area contributed by atoms with Gasteiger partial charge in [-0.2, -0.15) is 41.6 Å². The van der Waals surface area contributed by atoms with Crippen molar-refractivity contribution < 1.29 is 40.3 Å². The highest BCUT2D eigenvalue weighted by atomic mass is 19.4. The smallest absolute Gasteiger partial charge is 0.368 e. The molecule has 2 saturated heterocycles. The van der Waals surface area contributed by atoms with E-state index in [1.165, 1.54) is 19.1 Å². The Labute approximate surface area is 258 Å². The quantitative estimate of drug-likeness (QED) is 0.289. The van der Waals surface area contributed by atoms with Crippen molar-refractivity contribution in [2.75, 3.05) is 13.1 Å². The van der Waals surface area contributed by atoms with Gasteiger partial charge in [0.15, 0.2) is 0 Å². The summed E-state index contributed by atoms with van der Waals surface area (Å²) in [7, 11) is 0. The molecule has 0 aliphatic carbocycles. The summed E-state index contributed by atoms with van der Waals surface area (Å²) in [6.07, 6.45) is -4.89. The van der Waals surface area contributed by atoms with Crippen molar-refractivity contribution in [3.8, 4) is 0 Å². The average molecular weight is 651 g/mol. The lowest BCUT2D eigenvalue weighted by Crippen LogP contribution is -2.44. The topological polar surface area (TPSA) is 86.2 Å². The minimum atomic E-state index is -5.01. The number of fused-ring (bicyclic) bond motifs is 1. The maximum absolute atomic E-state index is 14.0. The molecule has 3 aromatic rings. The highest BCUT2D eigenvalue weighted by molar-refractivity contribution is 5.88. The van der Waals surface area contributed by atoms with Crippen molar-refractivity contribution in [1.29, 1.82) is 0 Å². The second-order valence-corrected chi connectivity index (χ2v) is 11.8. The monoisotopic (exact) mass is 650 g/mol. The summed E-state index contributed by atoms with van der Waals surface area (Å²) in [6, 6.07) is 6.03. The Bertz CT molecular complexity index is 1560. The van der Waals surface area contributed by atoms with Crippen LogP contribution in [0.4, 0.5) is 30.7 Å². The van der Waals surface area contributed by atoms with Crippen molar-refractivity contribution in [1.82, 2.24) is 20.0 Å². The molecule has 0 radical (unpaired) electrons. The van der Waals surface area contributed by atoms with E-state index in [0.29, 0.717) is 37.2 Å². The first kappa shape index (κ1) is 31.9. The van der Waals surface area contributed by atoms with Gasteiger partial charge >= 0.3 is 12.4 Å². The van der Waals surface area contributed by atoms with E-state index in [-0.39, 0.29) is 30.0 Å². The second kappa shape index (κ2) is 12.2. The number of amides is 1. The number of carbonyl (C=O) groups is 1. The SMILES string of the molecule is C[C@@H](O[C@H]1CN2C(=O)C(N(Cc3cn[nH]c3)CC3C=NN=C3)C[C@H]2[C@@H]1c1ccc(F)cc1)c1cc(C(F)(F)F)cc(C(F)(F)F)c1. The van der Waals surface area contributed by atoms with Crippen LogP contribution in [0.3, 0.4) is 0 Å². The van der Waals surface area contributed by atoms with E-state index < -0.39 is 59.5 Å². The Morgan fingerprint density at radius 1 is 1.02 bits per heavy atom. The molecule has 5 atom stereocenters. The van der Waals surface area contributed by atoms with E-state index >= 15 is 0 Å². The maximum Gasteiger partial charge on any atom is 0.416 e. The van der Waals surface area contributed by atoms with Gasteiger partial charge in [0.1, 0.15) is 5.82 Å². The third kappa shape index (κ3) is 6.56. The number of halogens is 7. The summed E-state index contributed by atoms with van der Waals surface area (Å²) >= 11 is 0. The van der Waals surface area contributed by atoms with E-state index in [9.17, 15) is 35.5 Å². The molecule has 8 nitrogen and oxygen atoms in total. The summed E-state index contributed by atoms with van der Waals surface area (Å²) in [4.78, 5) is 17.7. The van der Waals surface area contributed by atoms with Crippen LogP contribution in [0.2, 0.25) is 0 Å². The van der Waals surface area contributed by atoms with Crippen molar-refractivity contribution in [2.24, 2.45) is 16.1 Å². The Balaban J connectivity index is 1.29. The van der Waals surface area contributed by atoms with Gasteiger partial charge in [0.25, 0.3) is 0 Å². The van der Waals surface area contributed by atoms with Crippen molar-refractivity contribution in [3.05, 3.63) is 88.5 Å². The number of carbonyl (C=O) groups excluding carboxylic acids is 1. The molecule has 0 bridgehead atoms. The van der Waals surface area contributed by atoms with Gasteiger partial charge < -0.3 is 9.64 Å². The number of benzene rings is 2. The molecule has 244 valence electrons. The molecule has 2 aromatic carbocycles. The molecule has 6 rings (SSSR count). The largest absolute Gasteiger partial charge is 0.416 e. The van der Waals surface area contributed by atoms with E-state index in [1.807, 2.05) is 4.90 Å². The summed E-state index contributed by atoms with van der Waals surface area (Å²) in [6.45, 7) is 2.28. The number of nitrogens with zero attached hydrogens (tertiary/aromatic N) is 5. The van der Waals surface area contributed by atoms with Crippen LogP contribution in [0.25, 0.3) is 0 Å². The zero-order chi connectivity index (χ0) is 32.8. The fraction of sp³-hybridized carbons (Fsp3) is 0.419. The Kier molecular flexibility index (Phi) is 8.48. The van der Waals surface area contributed by atoms with Gasteiger partial charge in [0, 0.05) is 61.7 Å². The fourth-order valence-electron chi connectivity index (χ4n) is 6.59. The number of nitrogens with one attached hydrogen (secondary N) is 1. The first-order chi connectivity index (χ1) is 21.8. The van der Waals surface area contributed by atoms with Crippen LogP contribution in [-0.4, -0.2) is 69.6 Å². The predicted octanol–water partition coefficient (Wildman–Crippen LogP) is 5.99. The number of hydrogen-bond donors (Lipinski definition) is 1. The summed E-state index contributed by atoms with van der Waals surface area (Å²) in [5, 5.41) is 14.6. The molecule has 15 heteroatoms. The molecule has 3 aliphatic rings. The third-order valence-corrected chi connectivity index (χ3v) is 8.75. The number of aromatic amines is 1. The molecule has 1 unspecified atom stereocenters. The molecule has 0 saturated carbocycles. The molecule has 2 fully saturated rings. The lowest BCUT2D eigenvalue weighted by atomic mass is 9.87. The molecule has 1 N–H and O–H groups in total. The van der Waals surface area contributed by atoms with Gasteiger partial charge in [-0.1, -0.05) is 12.1 Å². The third-order valence-electron chi connectivity index (χ3n) is 8.75. The molecule has 3 aliphatic heterocycles. The maximum atomic E-state index is 14.0. The van der Waals surface area contributed by atoms with Gasteiger partial charge in [0.05, 0.1) is 35.6 Å². The first-order valence-electron chi connectivity index (χ1n) is 14.6. The lowest BCUT2D eigenvalue weighted by molar-refractivity contribution is -0.143. The minimum Gasteiger partial charge on any atom is -0.368 e. The Hall–Kier alpha value is -4.11. The van der Waals surface area contributed by atoms with Gasteiger partial charge in [-0.15, -0.1) is 0 Å². The van der Waals surface area contributed by atoms with Crippen LogP contribution < -0.4 is 0 Å². The van der Waals surface area contributed by atoms with Gasteiger partial charge in [-0.3, -0.25) is 14.8 Å². The van der Waals surface area contributed by atoms with E-state index in [1.54, 1.807) is 41.9 Å². The van der Waals surface area contributed by atoms with Crippen molar-refractivity contribution in [3.63, 3.8) is 0 Å². The van der Waals surface area contributed by atoms with Gasteiger partial charge in [0.2, 0.25) is 5.91 Å². The highest BCUT2D eigenvalue weighted by Gasteiger charge is 2.54. The molecule has 1 aromatic heterocycles. The van der Waals surface area contributed by atoms with Gasteiger partial charge in [-0.05, 0) is 54.8 Å². The number of ether oxygens (including phenoxy) is 1. The fourth-order valence-corrected chi connectivity index (χ4v) is 6.59. The molecule has 0 spiro atoms. The van der Waals surface area contributed by atoms with Crippen LogP contribution in [0.5, 0.6) is 0 Å². The number of rotatable bonds is 9. The van der Waals surface area contributed by atoms with E-state index in [4.69, 9.17) is 4.74 Å². The van der Waals surface area contributed by atoms with Crippen LogP contribution in [0.15, 0.2) is 65.1 Å². The molecular formula is C31H29F7N6O2. The summed E-state index contributed by atoms with van der Waals surface area (Å²) in [5.74, 6) is -1.33. The number of alkyl halides is 6. The molecular weight excluding hydrogens is 621 g/mol. The van der Waals surface area contributed by atoms with Gasteiger partial charge in [-0.25, -0.2) is 4.39 Å². The first-order valence-corrected chi connectivity index (χ1v) is 14.6. The average Bonchev–Trinajstić information content (AvgIpc) is 3.80. The van der Waals surface area contributed by atoms with Crippen LogP contribution >= 0.6 is 0 Å². The second-order valence-electron chi connectivity index (χ2n) is 11.8. The van der Waals surface area contributed by atoms with Crippen LogP contribution in [0.1, 0.15) is 53.2 Å². The number of aromatic nitrogens is 2. The molecule has 46 heavy (non-hydrogen) atoms. The zero-order valence-electron chi connectivity index (χ0n) is 24.3. The minimum absolute atomic E-state index is 0.0450. The van der Waals surface area contributed by atoms with Crippen LogP contribution in [0, 0.1) is 11.7 Å². The zero-order valence-corrected chi connectivity index (χ0v) is 24.3. The lowest BCUT2D eigenvalue weighted by Gasteiger charge is -2.31. The Morgan fingerprint density at radius 2 is 1.67 bits per heavy atom. The normalized spacial score (nSPS) is 24.0. The van der Waals surface area contributed by atoms with Crippen molar-refractivity contribution >= 4 is 18.3 Å².